The minimum atomic E-state index is -0.206. The van der Waals surface area contributed by atoms with Gasteiger partial charge in [0.2, 0.25) is 0 Å². The van der Waals surface area contributed by atoms with Crippen molar-refractivity contribution in [3.05, 3.63) is 12.8 Å². The topological polar surface area (TPSA) is 46.5 Å². The summed E-state index contributed by atoms with van der Waals surface area (Å²) in [5.41, 5.74) is 0. The van der Waals surface area contributed by atoms with Crippen molar-refractivity contribution in [1.82, 2.24) is 0 Å². The Morgan fingerprint density at radius 3 is 2.31 bits per heavy atom. The number of aliphatic hydroxyl groups is 1. The van der Waals surface area contributed by atoms with Crippen molar-refractivity contribution in [2.75, 3.05) is 6.61 Å². The number of hydrogen-bond acceptors (Lipinski definition) is 3. The lowest BCUT2D eigenvalue weighted by molar-refractivity contribution is -0.137. The molecule has 0 aliphatic rings. The van der Waals surface area contributed by atoms with Crippen LogP contribution in [0.15, 0.2) is 12.8 Å². The van der Waals surface area contributed by atoms with E-state index in [1.807, 2.05) is 6.92 Å². The predicted octanol–water partition coefficient (Wildman–Crippen LogP) is 2.25. The third-order valence-corrected chi connectivity index (χ3v) is 1.18. The number of aliphatic hydroxyl groups excluding tert-OH is 1. The zero-order valence-corrected chi connectivity index (χ0v) is 8.58. The normalized spacial score (nSPS) is 8.23. The largest absolute Gasteiger partial charge is 0.435 e. The molecular formula is C10H20O3. The fourth-order valence-corrected chi connectivity index (χ4v) is 0.514. The number of carbonyl (C=O) groups is 1. The van der Waals surface area contributed by atoms with Gasteiger partial charge in [-0.15, -0.1) is 0 Å². The van der Waals surface area contributed by atoms with Crippen molar-refractivity contribution < 1.29 is 14.6 Å². The summed E-state index contributed by atoms with van der Waals surface area (Å²) in [5.74, 6) is -0.206. The summed E-state index contributed by atoms with van der Waals surface area (Å²) in [5, 5.41) is 8.07. The Balaban J connectivity index is 0. The summed E-state index contributed by atoms with van der Waals surface area (Å²) in [7, 11) is 0. The van der Waals surface area contributed by atoms with Gasteiger partial charge in [-0.05, 0) is 12.8 Å². The van der Waals surface area contributed by atoms with Crippen LogP contribution in [-0.2, 0) is 9.53 Å². The number of hydrogen-bond donors (Lipinski definition) is 1. The first-order valence-corrected chi connectivity index (χ1v) is 4.64. The highest BCUT2D eigenvalue weighted by Gasteiger charge is 1.94. The number of unbranched alkanes of at least 4 members (excludes halogenated alkanes) is 1. The summed E-state index contributed by atoms with van der Waals surface area (Å²) >= 11 is 0. The van der Waals surface area contributed by atoms with Crippen molar-refractivity contribution in [1.29, 1.82) is 0 Å². The second kappa shape index (κ2) is 13.7. The minimum Gasteiger partial charge on any atom is -0.435 e. The third kappa shape index (κ3) is 18.3. The van der Waals surface area contributed by atoms with Crippen LogP contribution < -0.4 is 0 Å². The highest BCUT2D eigenvalue weighted by Crippen LogP contribution is 1.89. The molecule has 0 radical (unpaired) electrons. The van der Waals surface area contributed by atoms with E-state index in [4.69, 9.17) is 5.11 Å². The van der Waals surface area contributed by atoms with E-state index in [2.05, 4.69) is 18.2 Å². The number of esters is 1. The van der Waals surface area contributed by atoms with E-state index in [0.29, 0.717) is 13.0 Å². The molecule has 78 valence electrons. The maximum atomic E-state index is 10.3. The first kappa shape index (κ1) is 14.7. The summed E-state index contributed by atoms with van der Waals surface area (Å²) in [6, 6.07) is 0. The standard InChI is InChI=1S/C6H10O2.C4H10O/c1-3-5-6(7)8-4-2;1-2-3-4-5/h4H,2-3,5H2,1H3;5H,2-4H2,1H3. The van der Waals surface area contributed by atoms with Gasteiger partial charge in [0.05, 0.1) is 6.26 Å². The van der Waals surface area contributed by atoms with E-state index >= 15 is 0 Å². The molecule has 0 bridgehead atoms. The van der Waals surface area contributed by atoms with Crippen LogP contribution in [0.5, 0.6) is 0 Å². The molecule has 0 aliphatic carbocycles. The number of ether oxygens (including phenoxy) is 1. The molecule has 0 heterocycles. The zero-order valence-electron chi connectivity index (χ0n) is 8.58. The van der Waals surface area contributed by atoms with Gasteiger partial charge in [0.25, 0.3) is 0 Å². The van der Waals surface area contributed by atoms with E-state index in [-0.39, 0.29) is 5.97 Å². The molecule has 0 fully saturated rings. The Hall–Kier alpha value is -0.830. The van der Waals surface area contributed by atoms with Gasteiger partial charge in [0.1, 0.15) is 0 Å². The molecule has 3 heteroatoms. The summed E-state index contributed by atoms with van der Waals surface area (Å²) in [4.78, 5) is 10.3. The van der Waals surface area contributed by atoms with Crippen molar-refractivity contribution in [3.8, 4) is 0 Å². The Morgan fingerprint density at radius 1 is 1.46 bits per heavy atom. The lowest BCUT2D eigenvalue weighted by Crippen LogP contribution is -1.96. The molecule has 0 aromatic carbocycles. The van der Waals surface area contributed by atoms with Crippen molar-refractivity contribution in [3.63, 3.8) is 0 Å². The number of rotatable bonds is 5. The maximum absolute atomic E-state index is 10.3. The maximum Gasteiger partial charge on any atom is 0.310 e. The molecule has 0 spiro atoms. The average molecular weight is 188 g/mol. The first-order valence-electron chi connectivity index (χ1n) is 4.64. The summed E-state index contributed by atoms with van der Waals surface area (Å²) in [6.07, 6.45) is 4.49. The SMILES string of the molecule is C=COC(=O)CCC.CCCCO. The van der Waals surface area contributed by atoms with Crippen LogP contribution in [0, 0.1) is 0 Å². The van der Waals surface area contributed by atoms with Crippen LogP contribution in [0.1, 0.15) is 39.5 Å². The Morgan fingerprint density at radius 2 is 2.08 bits per heavy atom. The van der Waals surface area contributed by atoms with Crippen LogP contribution in [0.4, 0.5) is 0 Å². The zero-order chi connectivity index (χ0) is 10.5. The quantitative estimate of drug-likeness (QED) is 0.531. The highest BCUT2D eigenvalue weighted by atomic mass is 16.5. The molecule has 0 aromatic heterocycles. The van der Waals surface area contributed by atoms with E-state index in [0.717, 1.165) is 25.5 Å². The molecule has 3 nitrogen and oxygen atoms in total. The molecule has 0 aliphatic heterocycles. The van der Waals surface area contributed by atoms with E-state index in [1.165, 1.54) is 0 Å². The van der Waals surface area contributed by atoms with Gasteiger partial charge < -0.3 is 9.84 Å². The molecule has 0 unspecified atom stereocenters. The van der Waals surface area contributed by atoms with Gasteiger partial charge in [-0.2, -0.15) is 0 Å². The molecular weight excluding hydrogens is 168 g/mol. The van der Waals surface area contributed by atoms with Gasteiger partial charge in [0, 0.05) is 13.0 Å². The van der Waals surface area contributed by atoms with Gasteiger partial charge in [-0.3, -0.25) is 4.79 Å². The molecule has 0 aromatic rings. The Kier molecular flexibility index (Phi) is 15.5. The Bertz CT molecular complexity index is 119. The minimum absolute atomic E-state index is 0.206. The predicted molar refractivity (Wildman–Crippen MR) is 53.2 cm³/mol. The lowest BCUT2D eigenvalue weighted by atomic mass is 10.3. The van der Waals surface area contributed by atoms with Crippen LogP contribution in [0.25, 0.3) is 0 Å². The molecule has 0 amide bonds. The van der Waals surface area contributed by atoms with E-state index < -0.39 is 0 Å². The molecule has 0 saturated heterocycles. The highest BCUT2D eigenvalue weighted by molar-refractivity contribution is 5.69. The monoisotopic (exact) mass is 188 g/mol. The van der Waals surface area contributed by atoms with E-state index in [1.54, 1.807) is 0 Å². The molecule has 13 heavy (non-hydrogen) atoms. The molecule has 1 N–H and O–H groups in total. The van der Waals surface area contributed by atoms with Crippen molar-refractivity contribution >= 4 is 5.97 Å². The fourth-order valence-electron chi connectivity index (χ4n) is 0.514. The van der Waals surface area contributed by atoms with Gasteiger partial charge in [-0.1, -0.05) is 26.8 Å². The van der Waals surface area contributed by atoms with Crippen molar-refractivity contribution in [2.45, 2.75) is 39.5 Å². The summed E-state index contributed by atoms with van der Waals surface area (Å²) in [6.45, 7) is 7.56. The molecule has 0 atom stereocenters. The molecule has 0 rings (SSSR count). The third-order valence-electron chi connectivity index (χ3n) is 1.18. The van der Waals surface area contributed by atoms with Crippen molar-refractivity contribution in [2.24, 2.45) is 0 Å². The first-order chi connectivity index (χ1) is 6.22. The van der Waals surface area contributed by atoms with Crippen LogP contribution in [0.3, 0.4) is 0 Å². The number of carbonyl (C=O) groups excluding carboxylic acids is 1. The van der Waals surface area contributed by atoms with Gasteiger partial charge >= 0.3 is 5.97 Å². The molecule has 0 saturated carbocycles. The smallest absolute Gasteiger partial charge is 0.310 e. The fraction of sp³-hybridized carbons (Fsp3) is 0.700. The van der Waals surface area contributed by atoms with E-state index in [9.17, 15) is 4.79 Å². The van der Waals surface area contributed by atoms with Crippen LogP contribution >= 0.6 is 0 Å². The average Bonchev–Trinajstić information content (AvgIpc) is 2.08. The van der Waals surface area contributed by atoms with Gasteiger partial charge in [-0.25, -0.2) is 0 Å². The van der Waals surface area contributed by atoms with Gasteiger partial charge in [0.15, 0.2) is 0 Å². The Labute approximate surface area is 80.4 Å². The van der Waals surface area contributed by atoms with Crippen LogP contribution in [0.2, 0.25) is 0 Å². The van der Waals surface area contributed by atoms with Crippen LogP contribution in [-0.4, -0.2) is 17.7 Å². The second-order valence-electron chi connectivity index (χ2n) is 2.48. The second-order valence-corrected chi connectivity index (χ2v) is 2.48. The lowest BCUT2D eigenvalue weighted by Gasteiger charge is -1.92. The summed E-state index contributed by atoms with van der Waals surface area (Å²) < 4.78 is 4.41.